The molecule has 0 saturated heterocycles. The quantitative estimate of drug-likeness (QED) is 0.808. The minimum Gasteiger partial charge on any atom is -0.327 e. The molecule has 0 aliphatic rings. The molecule has 0 aliphatic heterocycles. The van der Waals surface area contributed by atoms with Crippen LogP contribution in [0.25, 0.3) is 0 Å². The maximum Gasteiger partial charge on any atom is 0.225 e. The van der Waals surface area contributed by atoms with E-state index in [-0.39, 0.29) is 11.9 Å². The summed E-state index contributed by atoms with van der Waals surface area (Å²) in [6, 6.07) is 7.83. The van der Waals surface area contributed by atoms with Gasteiger partial charge in [-0.1, -0.05) is 19.1 Å². The van der Waals surface area contributed by atoms with Crippen molar-refractivity contribution in [2.24, 2.45) is 5.73 Å². The second kappa shape index (κ2) is 7.13. The molecule has 4 nitrogen and oxygen atoms in total. The van der Waals surface area contributed by atoms with Gasteiger partial charge < -0.3 is 16.0 Å². The highest BCUT2D eigenvalue weighted by Gasteiger charge is 2.08. The zero-order valence-electron chi connectivity index (χ0n) is 11.4. The van der Waals surface area contributed by atoms with Gasteiger partial charge in [-0.3, -0.25) is 4.79 Å². The van der Waals surface area contributed by atoms with Crippen LogP contribution in [-0.4, -0.2) is 30.9 Å². The average Bonchev–Trinajstić information content (AvgIpc) is 2.28. The van der Waals surface area contributed by atoms with E-state index in [4.69, 9.17) is 5.73 Å². The predicted molar refractivity (Wildman–Crippen MR) is 75.3 cm³/mol. The number of carbonyl (C=O) groups is 1. The number of hydrogen-bond donors (Lipinski definition) is 2. The highest BCUT2D eigenvalue weighted by atomic mass is 16.1. The summed E-state index contributed by atoms with van der Waals surface area (Å²) in [6.45, 7) is 2.84. The van der Waals surface area contributed by atoms with Crippen molar-refractivity contribution < 1.29 is 4.79 Å². The Morgan fingerprint density at radius 3 is 2.78 bits per heavy atom. The summed E-state index contributed by atoms with van der Waals surface area (Å²) in [5.74, 6) is -0.0219. The third-order valence-corrected chi connectivity index (χ3v) is 2.68. The van der Waals surface area contributed by atoms with Crippen molar-refractivity contribution >= 4 is 11.6 Å². The van der Waals surface area contributed by atoms with E-state index in [0.29, 0.717) is 6.42 Å². The Morgan fingerprint density at radius 2 is 2.17 bits per heavy atom. The molecule has 4 heteroatoms. The van der Waals surface area contributed by atoms with Crippen LogP contribution in [0.3, 0.4) is 0 Å². The van der Waals surface area contributed by atoms with E-state index in [0.717, 1.165) is 18.7 Å². The van der Waals surface area contributed by atoms with Crippen LogP contribution in [0, 0.1) is 0 Å². The van der Waals surface area contributed by atoms with Crippen molar-refractivity contribution in [2.75, 3.05) is 19.4 Å². The van der Waals surface area contributed by atoms with Gasteiger partial charge in [0.25, 0.3) is 0 Å². The lowest BCUT2D eigenvalue weighted by molar-refractivity contribution is -0.116. The average molecular weight is 249 g/mol. The van der Waals surface area contributed by atoms with Crippen molar-refractivity contribution in [1.29, 1.82) is 0 Å². The van der Waals surface area contributed by atoms with Crippen LogP contribution in [0.5, 0.6) is 0 Å². The Balaban J connectivity index is 2.59. The Hall–Kier alpha value is -1.39. The van der Waals surface area contributed by atoms with E-state index >= 15 is 0 Å². The first-order valence-corrected chi connectivity index (χ1v) is 6.30. The normalized spacial score (nSPS) is 12.5. The van der Waals surface area contributed by atoms with Crippen LogP contribution in [0.1, 0.15) is 25.3 Å². The number of hydrogen-bond acceptors (Lipinski definition) is 3. The van der Waals surface area contributed by atoms with Gasteiger partial charge in [0.1, 0.15) is 0 Å². The molecule has 0 spiro atoms. The molecule has 1 atom stereocenters. The molecule has 0 radical (unpaired) electrons. The highest BCUT2D eigenvalue weighted by Crippen LogP contribution is 2.12. The first kappa shape index (κ1) is 14.7. The van der Waals surface area contributed by atoms with E-state index in [1.54, 1.807) is 0 Å². The van der Waals surface area contributed by atoms with Crippen molar-refractivity contribution in [3.8, 4) is 0 Å². The SMILES string of the molecule is CCC(N)CC(=O)Nc1cccc(CN(C)C)c1. The second-order valence-electron chi connectivity index (χ2n) is 4.86. The fourth-order valence-corrected chi connectivity index (χ4v) is 1.71. The second-order valence-corrected chi connectivity index (χ2v) is 4.86. The first-order valence-electron chi connectivity index (χ1n) is 6.30. The molecule has 100 valence electrons. The molecule has 3 N–H and O–H groups in total. The third kappa shape index (κ3) is 5.29. The van der Waals surface area contributed by atoms with E-state index in [1.165, 1.54) is 5.56 Å². The molecule has 0 fully saturated rings. The number of benzene rings is 1. The number of nitrogens with zero attached hydrogens (tertiary/aromatic N) is 1. The summed E-state index contributed by atoms with van der Waals surface area (Å²) in [5, 5.41) is 2.88. The van der Waals surface area contributed by atoms with Crippen molar-refractivity contribution in [3.05, 3.63) is 29.8 Å². The van der Waals surface area contributed by atoms with Crippen molar-refractivity contribution in [1.82, 2.24) is 4.90 Å². The van der Waals surface area contributed by atoms with Gasteiger partial charge in [0.2, 0.25) is 5.91 Å². The Morgan fingerprint density at radius 1 is 1.44 bits per heavy atom. The molecular weight excluding hydrogens is 226 g/mol. The fraction of sp³-hybridized carbons (Fsp3) is 0.500. The highest BCUT2D eigenvalue weighted by molar-refractivity contribution is 5.91. The molecule has 1 aromatic rings. The molecule has 0 saturated carbocycles. The van der Waals surface area contributed by atoms with Gasteiger partial charge in [-0.2, -0.15) is 0 Å². The molecule has 0 aliphatic carbocycles. The topological polar surface area (TPSA) is 58.4 Å². The smallest absolute Gasteiger partial charge is 0.225 e. The van der Waals surface area contributed by atoms with Crippen LogP contribution in [0.15, 0.2) is 24.3 Å². The molecule has 18 heavy (non-hydrogen) atoms. The zero-order chi connectivity index (χ0) is 13.5. The first-order chi connectivity index (χ1) is 8.51. The number of carbonyl (C=O) groups excluding carboxylic acids is 1. The lowest BCUT2D eigenvalue weighted by atomic mass is 10.1. The van der Waals surface area contributed by atoms with E-state index in [9.17, 15) is 4.79 Å². The molecule has 1 aromatic carbocycles. The van der Waals surface area contributed by atoms with Gasteiger partial charge in [-0.05, 0) is 38.2 Å². The lowest BCUT2D eigenvalue weighted by Gasteiger charge is -2.12. The summed E-state index contributed by atoms with van der Waals surface area (Å²) in [7, 11) is 4.04. The number of anilines is 1. The minimum atomic E-state index is -0.0602. The number of rotatable bonds is 6. The maximum atomic E-state index is 11.7. The standard InChI is InChI=1S/C14H23N3O/c1-4-12(15)9-14(18)16-13-7-5-6-11(8-13)10-17(2)3/h5-8,12H,4,9-10,15H2,1-3H3,(H,16,18). The van der Waals surface area contributed by atoms with Crippen molar-refractivity contribution in [2.45, 2.75) is 32.4 Å². The Kier molecular flexibility index (Phi) is 5.82. The molecule has 1 amide bonds. The van der Waals surface area contributed by atoms with Crippen molar-refractivity contribution in [3.63, 3.8) is 0 Å². The monoisotopic (exact) mass is 249 g/mol. The molecule has 0 heterocycles. The van der Waals surface area contributed by atoms with Gasteiger partial charge in [-0.25, -0.2) is 0 Å². The number of nitrogens with one attached hydrogen (secondary N) is 1. The fourth-order valence-electron chi connectivity index (χ4n) is 1.71. The number of amides is 1. The summed E-state index contributed by atoms with van der Waals surface area (Å²) in [5.41, 5.74) is 7.77. The summed E-state index contributed by atoms with van der Waals surface area (Å²) >= 11 is 0. The molecule has 1 unspecified atom stereocenters. The largest absolute Gasteiger partial charge is 0.327 e. The summed E-state index contributed by atoms with van der Waals surface area (Å²) in [6.07, 6.45) is 1.18. The lowest BCUT2D eigenvalue weighted by Crippen LogP contribution is -2.26. The predicted octanol–water partition coefficient (Wildman–Crippen LogP) is 1.81. The summed E-state index contributed by atoms with van der Waals surface area (Å²) in [4.78, 5) is 13.8. The van der Waals surface area contributed by atoms with Crippen LogP contribution < -0.4 is 11.1 Å². The summed E-state index contributed by atoms with van der Waals surface area (Å²) < 4.78 is 0. The number of nitrogens with two attached hydrogens (primary N) is 1. The van der Waals surface area contributed by atoms with Crippen LogP contribution in [0.4, 0.5) is 5.69 Å². The van der Waals surface area contributed by atoms with Gasteiger partial charge in [0, 0.05) is 24.7 Å². The minimum absolute atomic E-state index is 0.0219. The van der Waals surface area contributed by atoms with Crippen LogP contribution in [0.2, 0.25) is 0 Å². The molecular formula is C14H23N3O. The van der Waals surface area contributed by atoms with Gasteiger partial charge in [-0.15, -0.1) is 0 Å². The van der Waals surface area contributed by atoms with Crippen LogP contribution >= 0.6 is 0 Å². The van der Waals surface area contributed by atoms with Gasteiger partial charge >= 0.3 is 0 Å². The van der Waals surface area contributed by atoms with E-state index in [2.05, 4.69) is 10.2 Å². The maximum absolute atomic E-state index is 11.7. The van der Waals surface area contributed by atoms with E-state index in [1.807, 2.05) is 45.3 Å². The van der Waals surface area contributed by atoms with E-state index < -0.39 is 0 Å². The van der Waals surface area contributed by atoms with Gasteiger partial charge in [0.15, 0.2) is 0 Å². The zero-order valence-corrected chi connectivity index (χ0v) is 11.4. The Bertz CT molecular complexity index is 390. The van der Waals surface area contributed by atoms with Crippen LogP contribution in [-0.2, 0) is 11.3 Å². The molecule has 0 bridgehead atoms. The Labute approximate surface area is 109 Å². The molecule has 1 rings (SSSR count). The third-order valence-electron chi connectivity index (χ3n) is 2.68. The van der Waals surface area contributed by atoms with Gasteiger partial charge in [0.05, 0.1) is 0 Å². The molecule has 0 aromatic heterocycles.